The summed E-state index contributed by atoms with van der Waals surface area (Å²) in [5, 5.41) is 7.34. The van der Waals surface area contributed by atoms with Gasteiger partial charge in [-0.15, -0.1) is 11.8 Å². The van der Waals surface area contributed by atoms with Crippen molar-refractivity contribution in [1.82, 2.24) is 4.98 Å². The summed E-state index contributed by atoms with van der Waals surface area (Å²) in [6.07, 6.45) is 7.83. The molecule has 0 bridgehead atoms. The van der Waals surface area contributed by atoms with Gasteiger partial charge in [-0.05, 0) is 44.1 Å². The van der Waals surface area contributed by atoms with Crippen LogP contribution in [0.3, 0.4) is 0 Å². The third kappa shape index (κ3) is 4.96. The van der Waals surface area contributed by atoms with E-state index < -0.39 is 0 Å². The van der Waals surface area contributed by atoms with E-state index in [1.807, 2.05) is 30.5 Å². The molecule has 1 amide bonds. The summed E-state index contributed by atoms with van der Waals surface area (Å²) in [7, 11) is 0. The number of carbonyl (C=O) groups is 1. The van der Waals surface area contributed by atoms with Crippen molar-refractivity contribution in [2.75, 3.05) is 11.6 Å². The minimum Gasteiger partial charge on any atom is -0.392 e. The van der Waals surface area contributed by atoms with E-state index >= 15 is 0 Å². The molecule has 0 atom stereocenters. The molecule has 0 spiro atoms. The van der Waals surface area contributed by atoms with Crippen LogP contribution >= 0.6 is 34.7 Å². The van der Waals surface area contributed by atoms with Crippen LogP contribution in [0, 0.1) is 0 Å². The molecular weight excluding hydrogens is 378 g/mol. The highest BCUT2D eigenvalue weighted by atomic mass is 35.5. The quantitative estimate of drug-likeness (QED) is 0.432. The van der Waals surface area contributed by atoms with Gasteiger partial charge >= 0.3 is 0 Å². The molecule has 132 valence electrons. The number of oxime groups is 1. The second-order valence-electron chi connectivity index (χ2n) is 5.60. The predicted octanol–water partition coefficient (Wildman–Crippen LogP) is 4.82. The van der Waals surface area contributed by atoms with Crippen LogP contribution < -0.4 is 5.32 Å². The number of thioether (sulfide) groups is 1. The molecule has 0 radical (unpaired) electrons. The normalized spacial score (nSPS) is 15.4. The molecule has 3 rings (SSSR count). The second-order valence-corrected chi connectivity index (χ2v) is 8.15. The summed E-state index contributed by atoms with van der Waals surface area (Å²) in [4.78, 5) is 23.5. The highest BCUT2D eigenvalue weighted by Crippen LogP contribution is 2.24. The highest BCUT2D eigenvalue weighted by Gasteiger charge is 2.20. The van der Waals surface area contributed by atoms with Crippen LogP contribution in [0.4, 0.5) is 5.13 Å². The van der Waals surface area contributed by atoms with Crippen molar-refractivity contribution in [3.05, 3.63) is 40.4 Å². The average Bonchev–Trinajstić information content (AvgIpc) is 3.27. The van der Waals surface area contributed by atoms with E-state index in [0.29, 0.717) is 15.0 Å². The Labute approximate surface area is 159 Å². The topological polar surface area (TPSA) is 63.6 Å². The molecule has 8 heteroatoms. The number of thiazole rings is 1. The number of carbonyl (C=O) groups excluding carboxylic acids is 1. The molecule has 1 aliphatic rings. The molecule has 1 aromatic carbocycles. The van der Waals surface area contributed by atoms with Crippen LogP contribution in [0.15, 0.2) is 40.5 Å². The number of amides is 1. The molecule has 1 fully saturated rings. The first kappa shape index (κ1) is 18.2. The van der Waals surface area contributed by atoms with Gasteiger partial charge in [-0.1, -0.05) is 40.2 Å². The number of benzene rings is 1. The zero-order valence-corrected chi connectivity index (χ0v) is 16.1. The van der Waals surface area contributed by atoms with Crippen molar-refractivity contribution in [2.24, 2.45) is 5.16 Å². The van der Waals surface area contributed by atoms with Gasteiger partial charge in [0.15, 0.2) is 10.8 Å². The fourth-order valence-electron chi connectivity index (χ4n) is 2.56. The molecule has 1 N–H and O–H groups in total. The van der Waals surface area contributed by atoms with E-state index in [9.17, 15) is 4.79 Å². The fourth-order valence-corrected chi connectivity index (χ4v) is 3.78. The first-order valence-electron chi connectivity index (χ1n) is 7.96. The van der Waals surface area contributed by atoms with Gasteiger partial charge in [-0.3, -0.25) is 10.1 Å². The summed E-state index contributed by atoms with van der Waals surface area (Å²) in [5.41, 5.74) is 0.946. The van der Waals surface area contributed by atoms with E-state index in [1.165, 1.54) is 17.5 Å². The molecule has 25 heavy (non-hydrogen) atoms. The van der Waals surface area contributed by atoms with Crippen molar-refractivity contribution < 1.29 is 9.63 Å². The smallest absolute Gasteiger partial charge is 0.280 e. The highest BCUT2D eigenvalue weighted by molar-refractivity contribution is 7.98. The maximum atomic E-state index is 12.7. The van der Waals surface area contributed by atoms with Gasteiger partial charge in [0, 0.05) is 10.5 Å². The van der Waals surface area contributed by atoms with Gasteiger partial charge in [0.05, 0.1) is 6.20 Å². The number of hydrogen-bond donors (Lipinski definition) is 1. The van der Waals surface area contributed by atoms with Gasteiger partial charge in [0.1, 0.15) is 10.4 Å². The molecule has 2 aromatic rings. The molecule has 5 nitrogen and oxygen atoms in total. The summed E-state index contributed by atoms with van der Waals surface area (Å²) < 4.78 is 0.514. The molecule has 1 aromatic heterocycles. The van der Waals surface area contributed by atoms with Crippen molar-refractivity contribution in [3.63, 3.8) is 0 Å². The minimum atomic E-state index is -0.360. The number of halogens is 1. The summed E-state index contributed by atoms with van der Waals surface area (Å²) in [5.74, 6) is -0.360. The van der Waals surface area contributed by atoms with Gasteiger partial charge in [-0.25, -0.2) is 4.98 Å². The van der Waals surface area contributed by atoms with Gasteiger partial charge in [-0.2, -0.15) is 0 Å². The Morgan fingerprint density at radius 2 is 2.08 bits per heavy atom. The Hall–Kier alpha value is -1.57. The van der Waals surface area contributed by atoms with E-state index in [4.69, 9.17) is 16.4 Å². The van der Waals surface area contributed by atoms with Crippen LogP contribution in [0.2, 0.25) is 4.34 Å². The van der Waals surface area contributed by atoms with E-state index in [1.54, 1.807) is 11.8 Å². The Balaban J connectivity index is 1.81. The molecular formula is C17H18ClN3O2S2. The average molecular weight is 396 g/mol. The third-order valence-corrected chi connectivity index (χ3v) is 5.65. The molecule has 1 heterocycles. The Morgan fingerprint density at radius 3 is 2.68 bits per heavy atom. The van der Waals surface area contributed by atoms with Crippen LogP contribution in [-0.2, 0) is 9.63 Å². The maximum absolute atomic E-state index is 12.7. The summed E-state index contributed by atoms with van der Waals surface area (Å²) in [6, 6.07) is 7.66. The lowest BCUT2D eigenvalue weighted by molar-refractivity contribution is -0.110. The first-order chi connectivity index (χ1) is 12.2. The minimum absolute atomic E-state index is 0.0857. The van der Waals surface area contributed by atoms with Gasteiger partial charge in [0.25, 0.3) is 5.91 Å². The number of nitrogens with zero attached hydrogens (tertiary/aromatic N) is 2. The summed E-state index contributed by atoms with van der Waals surface area (Å²) >= 11 is 8.71. The Kier molecular flexibility index (Phi) is 6.34. The molecule has 0 saturated heterocycles. The lowest BCUT2D eigenvalue weighted by Gasteiger charge is -2.10. The van der Waals surface area contributed by atoms with Crippen LogP contribution in [0.5, 0.6) is 0 Å². The largest absolute Gasteiger partial charge is 0.392 e. The van der Waals surface area contributed by atoms with Crippen molar-refractivity contribution in [2.45, 2.75) is 36.7 Å². The molecule has 1 saturated carbocycles. The third-order valence-electron chi connectivity index (χ3n) is 3.87. The van der Waals surface area contributed by atoms with Crippen LogP contribution in [0.1, 0.15) is 31.2 Å². The fraction of sp³-hybridized carbons (Fsp3) is 0.353. The van der Waals surface area contributed by atoms with Gasteiger partial charge in [0.2, 0.25) is 0 Å². The van der Waals surface area contributed by atoms with E-state index in [2.05, 4.69) is 15.5 Å². The van der Waals surface area contributed by atoms with E-state index in [0.717, 1.165) is 30.6 Å². The zero-order valence-electron chi connectivity index (χ0n) is 13.7. The van der Waals surface area contributed by atoms with Crippen molar-refractivity contribution >= 4 is 51.5 Å². The summed E-state index contributed by atoms with van der Waals surface area (Å²) in [6.45, 7) is 0. The predicted molar refractivity (Wildman–Crippen MR) is 104 cm³/mol. The Bertz CT molecular complexity index is 756. The standard InChI is InChI=1S/C17H18ClN3O2S2/c1-24-13-8-6-11(7-9-13)15(21-23-12-4-2-3-5-12)16(22)20-17-19-10-14(18)25-17/h6-10,12H,2-5H2,1H3,(H,19,20,22)/b21-15+. The lowest BCUT2D eigenvalue weighted by Crippen LogP contribution is -2.24. The van der Waals surface area contributed by atoms with Crippen LogP contribution in [-0.4, -0.2) is 29.0 Å². The monoisotopic (exact) mass is 395 g/mol. The number of anilines is 1. The first-order valence-corrected chi connectivity index (χ1v) is 10.4. The SMILES string of the molecule is CSc1ccc(/C(=N\OC2CCCC2)C(=O)Nc2ncc(Cl)s2)cc1. The Morgan fingerprint density at radius 1 is 1.36 bits per heavy atom. The van der Waals surface area contributed by atoms with Crippen LogP contribution in [0.25, 0.3) is 0 Å². The maximum Gasteiger partial charge on any atom is 0.280 e. The molecule has 1 aliphatic carbocycles. The molecule has 0 unspecified atom stereocenters. The van der Waals surface area contributed by atoms with Gasteiger partial charge < -0.3 is 4.84 Å². The number of aromatic nitrogens is 1. The molecule has 0 aliphatic heterocycles. The lowest BCUT2D eigenvalue weighted by atomic mass is 10.1. The van der Waals surface area contributed by atoms with Crippen molar-refractivity contribution in [1.29, 1.82) is 0 Å². The second kappa shape index (κ2) is 8.69. The van der Waals surface area contributed by atoms with E-state index in [-0.39, 0.29) is 17.7 Å². The van der Waals surface area contributed by atoms with Crippen molar-refractivity contribution in [3.8, 4) is 0 Å². The number of rotatable bonds is 6. The zero-order chi connectivity index (χ0) is 17.6. The number of hydrogen-bond acceptors (Lipinski definition) is 6. The number of nitrogens with one attached hydrogen (secondary N) is 1.